The molecule has 1 fully saturated rings. The van der Waals surface area contributed by atoms with Crippen LogP contribution in [0, 0.1) is 0 Å². The molecule has 0 heterocycles. The summed E-state index contributed by atoms with van der Waals surface area (Å²) in [7, 11) is 0. The minimum Gasteiger partial charge on any atom is -0.487 e. The summed E-state index contributed by atoms with van der Waals surface area (Å²) < 4.78 is 5.97. The van der Waals surface area contributed by atoms with Crippen LogP contribution < -0.4 is 4.74 Å². The summed E-state index contributed by atoms with van der Waals surface area (Å²) in [6.45, 7) is 0.119. The van der Waals surface area contributed by atoms with Gasteiger partial charge in [0.1, 0.15) is 11.9 Å². The van der Waals surface area contributed by atoms with Crippen LogP contribution in [0.3, 0.4) is 0 Å². The zero-order valence-corrected chi connectivity index (χ0v) is 10.7. The van der Waals surface area contributed by atoms with E-state index < -0.39 is 0 Å². The van der Waals surface area contributed by atoms with E-state index >= 15 is 0 Å². The molecular formula is C15H22O3. The molecule has 3 heteroatoms. The number of ether oxygens (including phenoxy) is 1. The highest BCUT2D eigenvalue weighted by Crippen LogP contribution is 2.26. The summed E-state index contributed by atoms with van der Waals surface area (Å²) >= 11 is 0. The van der Waals surface area contributed by atoms with E-state index in [9.17, 15) is 5.11 Å². The molecule has 2 unspecified atom stereocenters. The third-order valence-corrected chi connectivity index (χ3v) is 3.55. The third kappa shape index (κ3) is 3.47. The molecule has 0 spiro atoms. The van der Waals surface area contributed by atoms with E-state index in [2.05, 4.69) is 0 Å². The highest BCUT2D eigenvalue weighted by Gasteiger charge is 2.23. The smallest absolute Gasteiger partial charge is 0.124 e. The maximum Gasteiger partial charge on any atom is 0.124 e. The summed E-state index contributed by atoms with van der Waals surface area (Å²) in [4.78, 5) is 0. The molecule has 1 saturated carbocycles. The number of hydrogen-bond donors (Lipinski definition) is 2. The lowest BCUT2D eigenvalue weighted by Gasteiger charge is -2.23. The topological polar surface area (TPSA) is 49.7 Å². The molecule has 0 saturated heterocycles. The first-order chi connectivity index (χ1) is 8.81. The second kappa shape index (κ2) is 6.76. The standard InChI is InChI=1S/C15H22O3/c16-11-10-12-6-4-5-8-14(12)18-15-9-3-1-2-7-13(15)17/h4-6,8,13,15-17H,1-3,7,9-11H2. The summed E-state index contributed by atoms with van der Waals surface area (Å²) in [5.74, 6) is 0.803. The maximum absolute atomic E-state index is 10.1. The second-order valence-electron chi connectivity index (χ2n) is 4.94. The number of rotatable bonds is 4. The van der Waals surface area contributed by atoms with Gasteiger partial charge in [-0.25, -0.2) is 0 Å². The molecule has 2 N–H and O–H groups in total. The molecule has 1 aromatic rings. The molecule has 1 aliphatic rings. The van der Waals surface area contributed by atoms with Crippen LogP contribution in [0.4, 0.5) is 0 Å². The lowest BCUT2D eigenvalue weighted by atomic mass is 10.1. The van der Waals surface area contributed by atoms with Gasteiger partial charge >= 0.3 is 0 Å². The molecule has 100 valence electrons. The Labute approximate surface area is 108 Å². The van der Waals surface area contributed by atoms with Gasteiger partial charge in [-0.2, -0.15) is 0 Å². The highest BCUT2D eigenvalue weighted by molar-refractivity contribution is 5.33. The molecule has 0 aliphatic heterocycles. The van der Waals surface area contributed by atoms with Crippen molar-refractivity contribution in [2.45, 2.75) is 50.7 Å². The molecule has 0 radical (unpaired) electrons. The van der Waals surface area contributed by atoms with E-state index in [1.54, 1.807) is 0 Å². The molecule has 1 aliphatic carbocycles. The Hall–Kier alpha value is -1.06. The first-order valence-electron chi connectivity index (χ1n) is 6.84. The van der Waals surface area contributed by atoms with Gasteiger partial charge < -0.3 is 14.9 Å². The van der Waals surface area contributed by atoms with Crippen molar-refractivity contribution in [3.8, 4) is 5.75 Å². The van der Waals surface area contributed by atoms with Crippen molar-refractivity contribution >= 4 is 0 Å². The van der Waals surface area contributed by atoms with E-state index in [4.69, 9.17) is 9.84 Å². The van der Waals surface area contributed by atoms with Gasteiger partial charge in [-0.15, -0.1) is 0 Å². The van der Waals surface area contributed by atoms with Crippen LogP contribution in [0.2, 0.25) is 0 Å². The molecule has 18 heavy (non-hydrogen) atoms. The number of hydrogen-bond acceptors (Lipinski definition) is 3. The summed E-state index contributed by atoms with van der Waals surface area (Å²) in [6.07, 6.45) is 5.24. The zero-order chi connectivity index (χ0) is 12.8. The van der Waals surface area contributed by atoms with Crippen molar-refractivity contribution in [3.63, 3.8) is 0 Å². The number of aliphatic hydroxyl groups is 2. The normalized spacial score (nSPS) is 24.6. The minimum atomic E-state index is -0.366. The van der Waals surface area contributed by atoms with Crippen molar-refractivity contribution < 1.29 is 14.9 Å². The van der Waals surface area contributed by atoms with Crippen LogP contribution in [-0.2, 0) is 6.42 Å². The van der Waals surface area contributed by atoms with Crippen molar-refractivity contribution in [2.75, 3.05) is 6.61 Å². The highest BCUT2D eigenvalue weighted by atomic mass is 16.5. The number of aliphatic hydroxyl groups excluding tert-OH is 2. The average molecular weight is 250 g/mol. The van der Waals surface area contributed by atoms with Crippen LogP contribution in [0.25, 0.3) is 0 Å². The Morgan fingerprint density at radius 1 is 1.11 bits per heavy atom. The molecule has 0 amide bonds. The van der Waals surface area contributed by atoms with Crippen molar-refractivity contribution in [2.24, 2.45) is 0 Å². The minimum absolute atomic E-state index is 0.104. The molecule has 0 bridgehead atoms. The molecule has 3 nitrogen and oxygen atoms in total. The number of para-hydroxylation sites is 1. The van der Waals surface area contributed by atoms with Crippen LogP contribution in [0.1, 0.15) is 37.7 Å². The Balaban J connectivity index is 2.07. The van der Waals surface area contributed by atoms with Crippen molar-refractivity contribution in [3.05, 3.63) is 29.8 Å². The van der Waals surface area contributed by atoms with Gasteiger partial charge in [-0.1, -0.05) is 31.0 Å². The summed E-state index contributed by atoms with van der Waals surface area (Å²) in [5.41, 5.74) is 1.01. The molecule has 0 aromatic heterocycles. The van der Waals surface area contributed by atoms with Gasteiger partial charge in [0.2, 0.25) is 0 Å². The van der Waals surface area contributed by atoms with Gasteiger partial charge in [0.05, 0.1) is 6.10 Å². The Morgan fingerprint density at radius 2 is 1.89 bits per heavy atom. The summed E-state index contributed by atoms with van der Waals surface area (Å²) in [5, 5.41) is 19.1. The van der Waals surface area contributed by atoms with Gasteiger partial charge in [0.15, 0.2) is 0 Å². The summed E-state index contributed by atoms with van der Waals surface area (Å²) in [6, 6.07) is 7.76. The predicted molar refractivity (Wildman–Crippen MR) is 70.7 cm³/mol. The van der Waals surface area contributed by atoms with E-state index in [-0.39, 0.29) is 18.8 Å². The van der Waals surface area contributed by atoms with E-state index in [1.165, 1.54) is 6.42 Å². The van der Waals surface area contributed by atoms with E-state index in [0.29, 0.717) is 6.42 Å². The molecule has 2 atom stereocenters. The maximum atomic E-state index is 10.1. The van der Waals surface area contributed by atoms with Gasteiger partial charge in [0.25, 0.3) is 0 Å². The van der Waals surface area contributed by atoms with E-state index in [1.807, 2.05) is 24.3 Å². The van der Waals surface area contributed by atoms with Crippen LogP contribution in [0.15, 0.2) is 24.3 Å². The Kier molecular flexibility index (Phi) is 5.02. The van der Waals surface area contributed by atoms with Crippen LogP contribution in [-0.4, -0.2) is 29.0 Å². The lowest BCUT2D eigenvalue weighted by molar-refractivity contribution is 0.0313. The molecule has 1 aromatic carbocycles. The van der Waals surface area contributed by atoms with E-state index in [0.717, 1.165) is 37.0 Å². The fraction of sp³-hybridized carbons (Fsp3) is 0.600. The van der Waals surface area contributed by atoms with Gasteiger partial charge in [-0.3, -0.25) is 0 Å². The zero-order valence-electron chi connectivity index (χ0n) is 10.7. The Bertz CT molecular complexity index is 365. The molecule has 2 rings (SSSR count). The van der Waals surface area contributed by atoms with Gasteiger partial charge in [0, 0.05) is 6.61 Å². The average Bonchev–Trinajstić information content (AvgIpc) is 2.58. The largest absolute Gasteiger partial charge is 0.487 e. The van der Waals surface area contributed by atoms with Crippen LogP contribution in [0.5, 0.6) is 5.75 Å². The molecular weight excluding hydrogens is 228 g/mol. The first-order valence-corrected chi connectivity index (χ1v) is 6.84. The second-order valence-corrected chi connectivity index (χ2v) is 4.94. The van der Waals surface area contributed by atoms with Crippen molar-refractivity contribution in [1.82, 2.24) is 0 Å². The Morgan fingerprint density at radius 3 is 2.72 bits per heavy atom. The lowest BCUT2D eigenvalue weighted by Crippen LogP contribution is -2.30. The monoisotopic (exact) mass is 250 g/mol. The fourth-order valence-corrected chi connectivity index (χ4v) is 2.50. The third-order valence-electron chi connectivity index (χ3n) is 3.55. The fourth-order valence-electron chi connectivity index (χ4n) is 2.50. The first kappa shape index (κ1) is 13.4. The number of benzene rings is 1. The quantitative estimate of drug-likeness (QED) is 0.806. The predicted octanol–water partition coefficient (Wildman–Crippen LogP) is 2.29. The van der Waals surface area contributed by atoms with Gasteiger partial charge in [-0.05, 0) is 37.3 Å². The van der Waals surface area contributed by atoms with Crippen LogP contribution >= 0.6 is 0 Å². The van der Waals surface area contributed by atoms with Crippen molar-refractivity contribution in [1.29, 1.82) is 0 Å². The SMILES string of the molecule is OCCc1ccccc1OC1CCCCCC1O.